The van der Waals surface area contributed by atoms with Crippen LogP contribution < -0.4 is 10.2 Å². The van der Waals surface area contributed by atoms with Crippen molar-refractivity contribution in [2.75, 3.05) is 36.4 Å². The normalized spacial score (nSPS) is 15.0. The van der Waals surface area contributed by atoms with Crippen LogP contribution in [-0.4, -0.2) is 42.9 Å². The van der Waals surface area contributed by atoms with E-state index in [9.17, 15) is 9.59 Å². The van der Waals surface area contributed by atoms with E-state index in [1.165, 1.54) is 0 Å². The molecule has 2 amide bonds. The lowest BCUT2D eigenvalue weighted by atomic mass is 9.95. The molecule has 0 aliphatic carbocycles. The van der Waals surface area contributed by atoms with Gasteiger partial charge in [0.25, 0.3) is 0 Å². The van der Waals surface area contributed by atoms with Gasteiger partial charge < -0.3 is 15.1 Å². The average molecular weight is 408 g/mol. The van der Waals surface area contributed by atoms with E-state index in [1.807, 2.05) is 66.4 Å². The Morgan fingerprint density at radius 1 is 0.933 bits per heavy atom. The van der Waals surface area contributed by atoms with Crippen molar-refractivity contribution in [3.05, 3.63) is 60.2 Å². The van der Waals surface area contributed by atoms with Gasteiger partial charge in [0.1, 0.15) is 0 Å². The quantitative estimate of drug-likeness (QED) is 0.693. The van der Waals surface area contributed by atoms with Gasteiger partial charge in [-0.25, -0.2) is 0 Å². The maximum absolute atomic E-state index is 12.7. The third-order valence-corrected chi connectivity index (χ3v) is 5.80. The molecule has 1 aliphatic heterocycles. The highest BCUT2D eigenvalue weighted by atomic mass is 16.2. The molecule has 5 nitrogen and oxygen atoms in total. The van der Waals surface area contributed by atoms with Crippen LogP contribution in [0.5, 0.6) is 0 Å². The fraction of sp³-hybridized carbons (Fsp3) is 0.440. The highest BCUT2D eigenvalue weighted by molar-refractivity contribution is 5.96. The number of unbranched alkanes of at least 4 members (excludes halogenated alkanes) is 1. The number of rotatable bonds is 8. The Morgan fingerprint density at radius 2 is 1.60 bits per heavy atom. The smallest absolute Gasteiger partial charge is 0.231 e. The summed E-state index contributed by atoms with van der Waals surface area (Å²) in [5.41, 5.74) is 2.98. The molecular formula is C25H33N3O2. The third-order valence-electron chi connectivity index (χ3n) is 5.80. The number of piperazine rings is 1. The molecular weight excluding hydrogens is 374 g/mol. The summed E-state index contributed by atoms with van der Waals surface area (Å²) in [5.74, 6) is 0.151. The maximum atomic E-state index is 12.7. The molecule has 30 heavy (non-hydrogen) atoms. The lowest BCUT2D eigenvalue weighted by molar-refractivity contribution is -0.131. The van der Waals surface area contributed by atoms with E-state index in [-0.39, 0.29) is 17.7 Å². The van der Waals surface area contributed by atoms with Crippen LogP contribution in [-0.2, 0) is 9.59 Å². The number of benzene rings is 2. The Labute approximate surface area is 180 Å². The van der Waals surface area contributed by atoms with Gasteiger partial charge in [0.05, 0.1) is 5.92 Å². The van der Waals surface area contributed by atoms with E-state index in [0.29, 0.717) is 6.42 Å². The summed E-state index contributed by atoms with van der Waals surface area (Å²) in [6, 6.07) is 17.9. The molecule has 0 aromatic heterocycles. The third kappa shape index (κ3) is 5.62. The number of carbonyl (C=O) groups is 2. The van der Waals surface area contributed by atoms with E-state index < -0.39 is 0 Å². The predicted octanol–water partition coefficient (Wildman–Crippen LogP) is 4.66. The fourth-order valence-corrected chi connectivity index (χ4v) is 3.94. The van der Waals surface area contributed by atoms with E-state index >= 15 is 0 Å². The first-order valence-corrected chi connectivity index (χ1v) is 11.1. The van der Waals surface area contributed by atoms with Gasteiger partial charge in [-0.2, -0.15) is 0 Å². The van der Waals surface area contributed by atoms with Gasteiger partial charge in [-0.3, -0.25) is 9.59 Å². The van der Waals surface area contributed by atoms with Gasteiger partial charge in [0.15, 0.2) is 0 Å². The van der Waals surface area contributed by atoms with Crippen LogP contribution >= 0.6 is 0 Å². The minimum Gasteiger partial charge on any atom is -0.368 e. The van der Waals surface area contributed by atoms with Crippen LogP contribution in [0.4, 0.5) is 11.4 Å². The molecule has 1 heterocycles. The standard InChI is InChI=1S/C25H33N3O2/c1-3-5-11-24(29)28-18-16-27(17-19-28)22-14-12-21(13-15-22)26-25(30)23(4-2)20-9-7-6-8-10-20/h6-10,12-15,23H,3-5,11,16-19H2,1-2H3,(H,26,30). The van der Waals surface area contributed by atoms with Crippen molar-refractivity contribution in [1.29, 1.82) is 0 Å². The molecule has 1 saturated heterocycles. The number of hydrogen-bond acceptors (Lipinski definition) is 3. The summed E-state index contributed by atoms with van der Waals surface area (Å²) in [6.07, 6.45) is 3.44. The van der Waals surface area contributed by atoms with E-state index in [1.54, 1.807) is 0 Å². The number of carbonyl (C=O) groups excluding carboxylic acids is 2. The lowest BCUT2D eigenvalue weighted by Crippen LogP contribution is -2.48. The Balaban J connectivity index is 1.54. The van der Waals surface area contributed by atoms with Crippen molar-refractivity contribution in [3.63, 3.8) is 0 Å². The van der Waals surface area contributed by atoms with Crippen LogP contribution in [0.25, 0.3) is 0 Å². The molecule has 1 N–H and O–H groups in total. The molecule has 160 valence electrons. The summed E-state index contributed by atoms with van der Waals surface area (Å²) in [6.45, 7) is 7.38. The molecule has 3 rings (SSSR count). The minimum absolute atomic E-state index is 0.0238. The molecule has 5 heteroatoms. The van der Waals surface area contributed by atoms with Gasteiger partial charge in [0.2, 0.25) is 11.8 Å². The highest BCUT2D eigenvalue weighted by Crippen LogP contribution is 2.24. The van der Waals surface area contributed by atoms with E-state index in [4.69, 9.17) is 0 Å². The maximum Gasteiger partial charge on any atom is 0.231 e. The number of nitrogens with zero attached hydrogens (tertiary/aromatic N) is 2. The Morgan fingerprint density at radius 3 is 2.20 bits per heavy atom. The largest absolute Gasteiger partial charge is 0.368 e. The number of anilines is 2. The van der Waals surface area contributed by atoms with Crippen LogP contribution in [0.1, 0.15) is 51.0 Å². The van der Waals surface area contributed by atoms with Gasteiger partial charge in [-0.15, -0.1) is 0 Å². The monoisotopic (exact) mass is 407 g/mol. The summed E-state index contributed by atoms with van der Waals surface area (Å²) < 4.78 is 0. The summed E-state index contributed by atoms with van der Waals surface area (Å²) in [5, 5.41) is 3.05. The van der Waals surface area contributed by atoms with Crippen molar-refractivity contribution in [1.82, 2.24) is 4.90 Å². The van der Waals surface area contributed by atoms with Crippen LogP contribution in [0, 0.1) is 0 Å². The van der Waals surface area contributed by atoms with Gasteiger partial charge in [-0.05, 0) is 42.7 Å². The van der Waals surface area contributed by atoms with Gasteiger partial charge in [0, 0.05) is 44.0 Å². The second-order valence-corrected chi connectivity index (χ2v) is 7.88. The van der Waals surface area contributed by atoms with Gasteiger partial charge >= 0.3 is 0 Å². The lowest BCUT2D eigenvalue weighted by Gasteiger charge is -2.36. The second kappa shape index (κ2) is 10.8. The summed E-state index contributed by atoms with van der Waals surface area (Å²) >= 11 is 0. The first kappa shape index (κ1) is 21.9. The van der Waals surface area contributed by atoms with Crippen molar-refractivity contribution in [2.45, 2.75) is 45.4 Å². The van der Waals surface area contributed by atoms with E-state index in [2.05, 4.69) is 17.1 Å². The van der Waals surface area contributed by atoms with Crippen molar-refractivity contribution in [2.24, 2.45) is 0 Å². The molecule has 1 atom stereocenters. The average Bonchev–Trinajstić information content (AvgIpc) is 2.79. The highest BCUT2D eigenvalue weighted by Gasteiger charge is 2.21. The molecule has 0 bridgehead atoms. The predicted molar refractivity (Wildman–Crippen MR) is 123 cm³/mol. The molecule has 0 spiro atoms. The van der Waals surface area contributed by atoms with Crippen molar-refractivity contribution >= 4 is 23.2 Å². The SMILES string of the molecule is CCCCC(=O)N1CCN(c2ccc(NC(=O)C(CC)c3ccccc3)cc2)CC1. The number of hydrogen-bond donors (Lipinski definition) is 1. The molecule has 0 saturated carbocycles. The molecule has 1 unspecified atom stereocenters. The molecule has 1 fully saturated rings. The Bertz CT molecular complexity index is 812. The van der Waals surface area contributed by atoms with Crippen LogP contribution in [0.2, 0.25) is 0 Å². The zero-order valence-corrected chi connectivity index (χ0v) is 18.1. The topological polar surface area (TPSA) is 52.7 Å². The fourth-order valence-electron chi connectivity index (χ4n) is 3.94. The minimum atomic E-state index is -0.149. The van der Waals surface area contributed by atoms with Crippen LogP contribution in [0.3, 0.4) is 0 Å². The van der Waals surface area contributed by atoms with Crippen molar-refractivity contribution < 1.29 is 9.59 Å². The van der Waals surface area contributed by atoms with E-state index in [0.717, 1.165) is 62.4 Å². The second-order valence-electron chi connectivity index (χ2n) is 7.88. The Hall–Kier alpha value is -2.82. The molecule has 2 aromatic carbocycles. The first-order valence-electron chi connectivity index (χ1n) is 11.1. The van der Waals surface area contributed by atoms with Gasteiger partial charge in [-0.1, -0.05) is 50.6 Å². The zero-order valence-electron chi connectivity index (χ0n) is 18.1. The Kier molecular flexibility index (Phi) is 7.89. The molecule has 2 aromatic rings. The summed E-state index contributed by atoms with van der Waals surface area (Å²) in [4.78, 5) is 29.2. The summed E-state index contributed by atoms with van der Waals surface area (Å²) in [7, 11) is 0. The first-order chi connectivity index (χ1) is 14.6. The van der Waals surface area contributed by atoms with Crippen molar-refractivity contribution in [3.8, 4) is 0 Å². The van der Waals surface area contributed by atoms with Crippen LogP contribution in [0.15, 0.2) is 54.6 Å². The molecule has 1 aliphatic rings. The number of nitrogens with one attached hydrogen (secondary N) is 1. The zero-order chi connectivity index (χ0) is 21.3. The number of amides is 2. The molecule has 0 radical (unpaired) electrons.